The number of hydrogen-bond acceptors (Lipinski definition) is 3. The number of halogens is 1. The lowest BCUT2D eigenvalue weighted by atomic mass is 10.3. The largest absolute Gasteiger partial charge is 0.297 e. The summed E-state index contributed by atoms with van der Waals surface area (Å²) in [7, 11) is 0. The Morgan fingerprint density at radius 3 is 3.00 bits per heavy atom. The Bertz CT molecular complexity index is 550. The van der Waals surface area contributed by atoms with E-state index in [1.165, 1.54) is 12.8 Å². The van der Waals surface area contributed by atoms with Crippen LogP contribution in [0.3, 0.4) is 0 Å². The van der Waals surface area contributed by atoms with E-state index in [4.69, 9.17) is 12.2 Å². The first kappa shape index (κ1) is 9.74. The van der Waals surface area contributed by atoms with Gasteiger partial charge in [0.2, 0.25) is 0 Å². The van der Waals surface area contributed by atoms with Gasteiger partial charge < -0.3 is 0 Å². The number of aromatic nitrogens is 3. The highest BCUT2D eigenvalue weighted by Gasteiger charge is 2.27. The van der Waals surface area contributed by atoms with Crippen LogP contribution in [0.1, 0.15) is 18.9 Å². The van der Waals surface area contributed by atoms with Crippen LogP contribution < -0.4 is 0 Å². The lowest BCUT2D eigenvalue weighted by molar-refractivity contribution is 0.735. The van der Waals surface area contributed by atoms with Gasteiger partial charge in [0.15, 0.2) is 10.6 Å². The summed E-state index contributed by atoms with van der Waals surface area (Å²) < 4.78 is 3.98. The minimum atomic E-state index is 0.560. The normalized spacial score (nSPS) is 15.8. The van der Waals surface area contributed by atoms with Crippen molar-refractivity contribution >= 4 is 39.5 Å². The Labute approximate surface area is 104 Å². The molecule has 2 heterocycles. The van der Waals surface area contributed by atoms with E-state index in [1.54, 1.807) is 11.3 Å². The fourth-order valence-corrected chi connectivity index (χ4v) is 3.02. The van der Waals surface area contributed by atoms with Crippen LogP contribution in [0.2, 0.25) is 0 Å². The first-order chi connectivity index (χ1) is 7.25. The number of nitrogens with zero attached hydrogens (tertiary/aromatic N) is 2. The molecule has 3 nitrogen and oxygen atoms in total. The molecule has 1 aliphatic rings. The monoisotopic (exact) mass is 301 g/mol. The third-order valence-electron chi connectivity index (χ3n) is 2.44. The molecular formula is C9H8BrN3S2. The fourth-order valence-electron chi connectivity index (χ4n) is 1.61. The Morgan fingerprint density at radius 1 is 1.60 bits per heavy atom. The summed E-state index contributed by atoms with van der Waals surface area (Å²) in [6.45, 7) is 0. The first-order valence-corrected chi connectivity index (χ1v) is 6.75. The van der Waals surface area contributed by atoms with Gasteiger partial charge in [-0.2, -0.15) is 5.10 Å². The highest BCUT2D eigenvalue weighted by molar-refractivity contribution is 9.11. The maximum Gasteiger partial charge on any atom is 0.195 e. The highest BCUT2D eigenvalue weighted by Crippen LogP contribution is 2.39. The average molecular weight is 302 g/mol. The number of H-pyrrole nitrogens is 1. The van der Waals surface area contributed by atoms with E-state index in [0.29, 0.717) is 6.04 Å². The van der Waals surface area contributed by atoms with Crippen molar-refractivity contribution in [3.8, 4) is 11.4 Å². The molecule has 1 fully saturated rings. The zero-order chi connectivity index (χ0) is 10.4. The molecule has 0 aliphatic heterocycles. The third-order valence-corrected chi connectivity index (χ3v) is 4.23. The molecule has 1 aliphatic carbocycles. The summed E-state index contributed by atoms with van der Waals surface area (Å²) in [6, 6.07) is 2.64. The predicted molar refractivity (Wildman–Crippen MR) is 66.7 cm³/mol. The van der Waals surface area contributed by atoms with Crippen molar-refractivity contribution in [2.24, 2.45) is 0 Å². The fraction of sp³-hybridized carbons (Fsp3) is 0.333. The third kappa shape index (κ3) is 1.70. The van der Waals surface area contributed by atoms with E-state index < -0.39 is 0 Å². The maximum atomic E-state index is 5.23. The number of hydrogen-bond donors (Lipinski definition) is 1. The smallest absolute Gasteiger partial charge is 0.195 e. The second-order valence-electron chi connectivity index (χ2n) is 3.59. The van der Waals surface area contributed by atoms with Gasteiger partial charge in [0.1, 0.15) is 0 Å². The lowest BCUT2D eigenvalue weighted by Gasteiger charge is -2.01. The van der Waals surface area contributed by atoms with Gasteiger partial charge in [-0.05, 0) is 47.1 Å². The number of thiophene rings is 1. The van der Waals surface area contributed by atoms with Gasteiger partial charge in [-0.25, -0.2) is 0 Å². The molecule has 0 aromatic carbocycles. The van der Waals surface area contributed by atoms with Crippen LogP contribution in [0.15, 0.2) is 15.2 Å². The Balaban J connectivity index is 2.15. The van der Waals surface area contributed by atoms with Crippen LogP contribution in [-0.4, -0.2) is 14.8 Å². The van der Waals surface area contributed by atoms with Crippen molar-refractivity contribution in [1.29, 1.82) is 0 Å². The van der Waals surface area contributed by atoms with Crippen LogP contribution in [0, 0.1) is 4.77 Å². The Kier molecular flexibility index (Phi) is 2.30. The predicted octanol–water partition coefficient (Wildman–Crippen LogP) is 3.77. The van der Waals surface area contributed by atoms with E-state index in [9.17, 15) is 0 Å². The number of aromatic amines is 1. The van der Waals surface area contributed by atoms with Crippen molar-refractivity contribution in [2.75, 3.05) is 0 Å². The number of nitrogens with one attached hydrogen (secondary N) is 1. The SMILES string of the molecule is S=c1[nH]nc(-c2csc(Br)c2)n1C1CC1. The molecule has 78 valence electrons. The quantitative estimate of drug-likeness (QED) is 0.857. The molecule has 0 unspecified atom stereocenters. The molecule has 0 atom stereocenters. The van der Waals surface area contributed by atoms with Gasteiger partial charge in [0, 0.05) is 17.0 Å². The molecule has 0 amide bonds. The van der Waals surface area contributed by atoms with Gasteiger partial charge in [-0.15, -0.1) is 11.3 Å². The molecule has 1 N–H and O–H groups in total. The first-order valence-electron chi connectivity index (χ1n) is 4.67. The topological polar surface area (TPSA) is 33.6 Å². The number of rotatable bonds is 2. The maximum absolute atomic E-state index is 5.23. The van der Waals surface area contributed by atoms with E-state index in [1.807, 2.05) is 0 Å². The molecule has 0 spiro atoms. The molecule has 0 bridgehead atoms. The molecule has 15 heavy (non-hydrogen) atoms. The van der Waals surface area contributed by atoms with Gasteiger partial charge >= 0.3 is 0 Å². The summed E-state index contributed by atoms with van der Waals surface area (Å²) in [6.07, 6.45) is 2.43. The summed E-state index contributed by atoms with van der Waals surface area (Å²) in [5, 5.41) is 9.25. The average Bonchev–Trinajstić information content (AvgIpc) is 2.84. The summed E-state index contributed by atoms with van der Waals surface area (Å²) in [5.41, 5.74) is 1.13. The van der Waals surface area contributed by atoms with Crippen molar-refractivity contribution < 1.29 is 0 Å². The van der Waals surface area contributed by atoms with Crippen LogP contribution in [0.4, 0.5) is 0 Å². The van der Waals surface area contributed by atoms with Crippen LogP contribution in [-0.2, 0) is 0 Å². The second kappa shape index (κ2) is 3.54. The summed E-state index contributed by atoms with van der Waals surface area (Å²) >= 11 is 10.4. The minimum Gasteiger partial charge on any atom is -0.297 e. The van der Waals surface area contributed by atoms with E-state index in [2.05, 4.69) is 42.1 Å². The van der Waals surface area contributed by atoms with Crippen molar-refractivity contribution in [2.45, 2.75) is 18.9 Å². The highest BCUT2D eigenvalue weighted by atomic mass is 79.9. The molecule has 0 radical (unpaired) electrons. The van der Waals surface area contributed by atoms with Crippen molar-refractivity contribution in [3.63, 3.8) is 0 Å². The van der Waals surface area contributed by atoms with Crippen LogP contribution in [0.5, 0.6) is 0 Å². The van der Waals surface area contributed by atoms with Crippen LogP contribution >= 0.6 is 39.5 Å². The summed E-state index contributed by atoms with van der Waals surface area (Å²) in [5.74, 6) is 0.962. The lowest BCUT2D eigenvalue weighted by Crippen LogP contribution is -1.96. The van der Waals surface area contributed by atoms with Gasteiger partial charge in [-0.1, -0.05) is 0 Å². The molecule has 2 aromatic heterocycles. The molecule has 2 aromatic rings. The summed E-state index contributed by atoms with van der Waals surface area (Å²) in [4.78, 5) is 0. The molecule has 1 saturated carbocycles. The minimum absolute atomic E-state index is 0.560. The van der Waals surface area contributed by atoms with E-state index in [0.717, 1.165) is 19.9 Å². The molecule has 6 heteroatoms. The van der Waals surface area contributed by atoms with Gasteiger partial charge in [0.25, 0.3) is 0 Å². The Hall–Kier alpha value is -0.460. The Morgan fingerprint density at radius 2 is 2.40 bits per heavy atom. The molecular weight excluding hydrogens is 294 g/mol. The molecule has 0 saturated heterocycles. The van der Waals surface area contributed by atoms with E-state index >= 15 is 0 Å². The zero-order valence-corrected chi connectivity index (χ0v) is 11.0. The van der Waals surface area contributed by atoms with Crippen LogP contribution in [0.25, 0.3) is 11.4 Å². The van der Waals surface area contributed by atoms with Crippen molar-refractivity contribution in [3.05, 3.63) is 20.0 Å². The van der Waals surface area contributed by atoms with Crippen molar-refractivity contribution in [1.82, 2.24) is 14.8 Å². The molecule has 3 rings (SSSR count). The zero-order valence-electron chi connectivity index (χ0n) is 7.74. The second-order valence-corrected chi connectivity index (χ2v) is 6.27. The van der Waals surface area contributed by atoms with Gasteiger partial charge in [-0.3, -0.25) is 9.67 Å². The van der Waals surface area contributed by atoms with Gasteiger partial charge in [0.05, 0.1) is 3.79 Å². The van der Waals surface area contributed by atoms with E-state index in [-0.39, 0.29) is 0 Å². The standard InChI is InChI=1S/C9H8BrN3S2/c10-7-3-5(4-15-7)8-11-12-9(14)13(8)6-1-2-6/h3-4,6H,1-2H2,(H,12,14).